The van der Waals surface area contributed by atoms with Gasteiger partial charge >= 0.3 is 0 Å². The highest BCUT2D eigenvalue weighted by Gasteiger charge is 2.62. The highest BCUT2D eigenvalue weighted by molar-refractivity contribution is 5.73. The fraction of sp³-hybridized carbons (Fsp3) is 0.500. The van der Waals surface area contributed by atoms with Crippen LogP contribution in [-0.4, -0.2) is 24.7 Å². The van der Waals surface area contributed by atoms with Gasteiger partial charge in [-0.25, -0.2) is 4.98 Å². The molecule has 2 aromatic rings. The number of rotatable bonds is 3. The van der Waals surface area contributed by atoms with Gasteiger partial charge in [0.2, 0.25) is 0 Å². The Balaban J connectivity index is 1.84. The average Bonchev–Trinajstić information content (AvgIpc) is 2.99. The molecule has 4 heteroatoms. The number of oxazole rings is 1. The fourth-order valence-corrected chi connectivity index (χ4v) is 3.27. The first kappa shape index (κ1) is 10.5. The van der Waals surface area contributed by atoms with Gasteiger partial charge in [-0.15, -0.1) is 0 Å². The molecular formula is C14H16N2O2. The molecule has 2 aliphatic rings. The van der Waals surface area contributed by atoms with E-state index in [9.17, 15) is 0 Å². The first-order chi connectivity index (χ1) is 8.80. The quantitative estimate of drug-likeness (QED) is 0.894. The Labute approximate surface area is 105 Å². The van der Waals surface area contributed by atoms with Gasteiger partial charge in [0, 0.05) is 5.41 Å². The van der Waals surface area contributed by atoms with Gasteiger partial charge in [-0.3, -0.25) is 0 Å². The van der Waals surface area contributed by atoms with E-state index in [0.29, 0.717) is 0 Å². The van der Waals surface area contributed by atoms with E-state index in [4.69, 9.17) is 14.9 Å². The summed E-state index contributed by atoms with van der Waals surface area (Å²) < 4.78 is 10.9. The second-order valence-corrected chi connectivity index (χ2v) is 5.59. The lowest BCUT2D eigenvalue weighted by Gasteiger charge is -2.48. The van der Waals surface area contributed by atoms with Crippen LogP contribution in [0.3, 0.4) is 0 Å². The number of nitrogens with zero attached hydrogens (tertiary/aromatic N) is 1. The largest absolute Gasteiger partial charge is 0.443 e. The zero-order chi connectivity index (χ0) is 12.2. The molecule has 2 N–H and O–H groups in total. The van der Waals surface area contributed by atoms with Crippen molar-refractivity contribution in [3.8, 4) is 0 Å². The third-order valence-corrected chi connectivity index (χ3v) is 4.84. The van der Waals surface area contributed by atoms with Gasteiger partial charge in [-0.1, -0.05) is 6.07 Å². The molecule has 0 radical (unpaired) electrons. The van der Waals surface area contributed by atoms with Gasteiger partial charge in [-0.05, 0) is 42.5 Å². The van der Waals surface area contributed by atoms with E-state index in [-0.39, 0.29) is 10.8 Å². The van der Waals surface area contributed by atoms with Crippen LogP contribution < -0.4 is 5.73 Å². The van der Waals surface area contributed by atoms with E-state index in [0.717, 1.165) is 30.9 Å². The van der Waals surface area contributed by atoms with Crippen LogP contribution in [0.15, 0.2) is 29.0 Å². The van der Waals surface area contributed by atoms with Gasteiger partial charge in [0.15, 0.2) is 12.0 Å². The molecule has 1 saturated carbocycles. The summed E-state index contributed by atoms with van der Waals surface area (Å²) in [5.74, 6) is 0. The minimum atomic E-state index is 0.0999. The minimum Gasteiger partial charge on any atom is -0.443 e. The molecule has 1 aromatic heterocycles. The lowest BCUT2D eigenvalue weighted by atomic mass is 9.66. The van der Waals surface area contributed by atoms with E-state index in [1.165, 1.54) is 24.8 Å². The Bertz CT molecular complexity index is 597. The van der Waals surface area contributed by atoms with E-state index in [2.05, 4.69) is 17.1 Å². The molecule has 1 saturated heterocycles. The Hall–Kier alpha value is -1.39. The average molecular weight is 244 g/mol. The van der Waals surface area contributed by atoms with E-state index in [1.54, 1.807) is 0 Å². The van der Waals surface area contributed by atoms with Crippen LogP contribution in [0.4, 0.5) is 0 Å². The Morgan fingerprint density at radius 1 is 1.28 bits per heavy atom. The lowest BCUT2D eigenvalue weighted by molar-refractivity contribution is -0.0972. The number of aromatic nitrogens is 1. The van der Waals surface area contributed by atoms with Crippen molar-refractivity contribution >= 4 is 11.1 Å². The molecule has 0 spiro atoms. The highest BCUT2D eigenvalue weighted by Crippen LogP contribution is 2.61. The molecule has 1 aliphatic heterocycles. The van der Waals surface area contributed by atoms with Crippen molar-refractivity contribution in [2.24, 2.45) is 11.1 Å². The van der Waals surface area contributed by atoms with Crippen molar-refractivity contribution in [1.29, 1.82) is 0 Å². The number of ether oxygens (including phenoxy) is 1. The molecule has 1 aliphatic carbocycles. The summed E-state index contributed by atoms with van der Waals surface area (Å²) in [5, 5.41) is 0. The van der Waals surface area contributed by atoms with Gasteiger partial charge in [0.05, 0.1) is 13.2 Å². The maximum atomic E-state index is 6.00. The predicted octanol–water partition coefficient (Wildman–Crippen LogP) is 1.83. The zero-order valence-corrected chi connectivity index (χ0v) is 10.2. The third-order valence-electron chi connectivity index (χ3n) is 4.84. The van der Waals surface area contributed by atoms with Crippen molar-refractivity contribution in [2.45, 2.75) is 18.3 Å². The van der Waals surface area contributed by atoms with Gasteiger partial charge in [0.1, 0.15) is 5.52 Å². The lowest BCUT2D eigenvalue weighted by Crippen LogP contribution is -2.55. The van der Waals surface area contributed by atoms with Crippen molar-refractivity contribution in [3.05, 3.63) is 30.2 Å². The van der Waals surface area contributed by atoms with Crippen LogP contribution in [-0.2, 0) is 10.2 Å². The van der Waals surface area contributed by atoms with Gasteiger partial charge < -0.3 is 14.9 Å². The summed E-state index contributed by atoms with van der Waals surface area (Å²) in [4.78, 5) is 4.16. The van der Waals surface area contributed by atoms with Crippen LogP contribution in [0.1, 0.15) is 18.4 Å². The van der Waals surface area contributed by atoms with Gasteiger partial charge in [-0.2, -0.15) is 0 Å². The summed E-state index contributed by atoms with van der Waals surface area (Å²) in [5.41, 5.74) is 9.41. The molecule has 2 heterocycles. The summed E-state index contributed by atoms with van der Waals surface area (Å²) in [6, 6.07) is 6.30. The summed E-state index contributed by atoms with van der Waals surface area (Å²) >= 11 is 0. The zero-order valence-electron chi connectivity index (χ0n) is 10.2. The molecule has 1 aromatic carbocycles. The van der Waals surface area contributed by atoms with Crippen LogP contribution in [0.25, 0.3) is 11.1 Å². The molecule has 0 atom stereocenters. The molecule has 4 nitrogen and oxygen atoms in total. The molecule has 4 rings (SSSR count). The molecule has 94 valence electrons. The Morgan fingerprint density at radius 2 is 2.11 bits per heavy atom. The molecule has 0 amide bonds. The number of benzene rings is 1. The third kappa shape index (κ3) is 1.15. The minimum absolute atomic E-state index is 0.0999. The summed E-state index contributed by atoms with van der Waals surface area (Å²) in [6.07, 6.45) is 3.91. The molecule has 0 unspecified atom stereocenters. The number of fused-ring (bicyclic) bond motifs is 1. The van der Waals surface area contributed by atoms with Gasteiger partial charge in [0.25, 0.3) is 0 Å². The number of nitrogens with two attached hydrogens (primary N) is 1. The van der Waals surface area contributed by atoms with Crippen molar-refractivity contribution in [2.75, 3.05) is 19.8 Å². The van der Waals surface area contributed by atoms with Crippen LogP contribution in [0, 0.1) is 5.41 Å². The number of hydrogen-bond acceptors (Lipinski definition) is 4. The SMILES string of the molecule is NCC1(C2(c3ccc4ncoc4c3)COC2)CC1. The smallest absolute Gasteiger partial charge is 0.181 e. The van der Waals surface area contributed by atoms with E-state index >= 15 is 0 Å². The van der Waals surface area contributed by atoms with Crippen molar-refractivity contribution < 1.29 is 9.15 Å². The Kier molecular flexibility index (Phi) is 1.95. The standard InChI is InChI=1S/C14H16N2O2/c15-6-13(3-4-13)14(7-17-8-14)10-1-2-11-12(5-10)18-9-16-11/h1-2,5,9H,3-4,6-8,15H2. The second kappa shape index (κ2) is 3.33. The Morgan fingerprint density at radius 3 is 2.72 bits per heavy atom. The fourth-order valence-electron chi connectivity index (χ4n) is 3.27. The monoisotopic (exact) mass is 244 g/mol. The van der Waals surface area contributed by atoms with E-state index in [1.807, 2.05) is 6.07 Å². The van der Waals surface area contributed by atoms with Crippen molar-refractivity contribution in [1.82, 2.24) is 4.98 Å². The normalized spacial score (nSPS) is 23.8. The topological polar surface area (TPSA) is 61.3 Å². The van der Waals surface area contributed by atoms with E-state index < -0.39 is 0 Å². The molecular weight excluding hydrogens is 228 g/mol. The van der Waals surface area contributed by atoms with Crippen LogP contribution in [0.5, 0.6) is 0 Å². The first-order valence-electron chi connectivity index (χ1n) is 6.41. The molecule has 18 heavy (non-hydrogen) atoms. The molecule has 0 bridgehead atoms. The van der Waals surface area contributed by atoms with Crippen LogP contribution in [0.2, 0.25) is 0 Å². The number of hydrogen-bond donors (Lipinski definition) is 1. The second-order valence-electron chi connectivity index (χ2n) is 5.59. The maximum Gasteiger partial charge on any atom is 0.181 e. The van der Waals surface area contributed by atoms with Crippen LogP contribution >= 0.6 is 0 Å². The summed E-state index contributed by atoms with van der Waals surface area (Å²) in [6.45, 7) is 2.30. The highest BCUT2D eigenvalue weighted by atomic mass is 16.5. The predicted molar refractivity (Wildman–Crippen MR) is 67.2 cm³/mol. The molecule has 2 fully saturated rings. The maximum absolute atomic E-state index is 6.00. The van der Waals surface area contributed by atoms with Crippen molar-refractivity contribution in [3.63, 3.8) is 0 Å². The first-order valence-corrected chi connectivity index (χ1v) is 6.41. The summed E-state index contributed by atoms with van der Waals surface area (Å²) in [7, 11) is 0.